The van der Waals surface area contributed by atoms with Crippen LogP contribution in [0.1, 0.15) is 20.0 Å². The Hall–Kier alpha value is -3.32. The summed E-state index contributed by atoms with van der Waals surface area (Å²) >= 11 is 1.41. The highest BCUT2D eigenvalue weighted by atomic mass is 32.1. The smallest absolute Gasteiger partial charge is 0.265 e. The predicted octanol–water partition coefficient (Wildman–Crippen LogP) is 4.14. The Morgan fingerprint density at radius 1 is 0.931 bits per heavy atom. The van der Waals surface area contributed by atoms with Crippen LogP contribution in [0.3, 0.4) is 0 Å². The monoisotopic (exact) mass is 408 g/mol. The molecule has 0 fully saturated rings. The molecule has 0 unspecified atom stereocenters. The molecule has 1 aliphatic rings. The summed E-state index contributed by atoms with van der Waals surface area (Å²) in [5, 5.41) is 2.87. The maximum Gasteiger partial charge on any atom is 0.265 e. The van der Waals surface area contributed by atoms with Gasteiger partial charge in [-0.25, -0.2) is 0 Å². The van der Waals surface area contributed by atoms with Crippen molar-refractivity contribution in [3.8, 4) is 21.9 Å². The maximum atomic E-state index is 12.6. The number of thiophene rings is 1. The van der Waals surface area contributed by atoms with Crippen LogP contribution in [0.4, 0.5) is 5.69 Å². The van der Waals surface area contributed by atoms with E-state index in [1.165, 1.54) is 16.2 Å². The first-order chi connectivity index (χ1) is 14.0. The van der Waals surface area contributed by atoms with Crippen LogP contribution in [-0.4, -0.2) is 44.0 Å². The summed E-state index contributed by atoms with van der Waals surface area (Å²) < 4.78 is 11.2. The number of benzene rings is 2. The first-order valence-corrected chi connectivity index (χ1v) is 9.96. The molecule has 2 heterocycles. The quantitative estimate of drug-likeness (QED) is 0.705. The number of fused-ring (bicyclic) bond motifs is 1. The number of nitrogens with one attached hydrogen (secondary N) is 1. The molecule has 0 atom stereocenters. The molecule has 0 saturated heterocycles. The minimum Gasteiger partial charge on any atom is -0.486 e. The zero-order chi connectivity index (χ0) is 20.4. The van der Waals surface area contributed by atoms with Crippen LogP contribution < -0.4 is 14.8 Å². The lowest BCUT2D eigenvalue weighted by Gasteiger charge is -2.18. The van der Waals surface area contributed by atoms with Crippen LogP contribution in [0, 0.1) is 0 Å². The third-order valence-electron chi connectivity index (χ3n) is 4.45. The highest BCUT2D eigenvalue weighted by molar-refractivity contribution is 7.17. The Morgan fingerprint density at radius 2 is 1.66 bits per heavy atom. The molecule has 148 valence electrons. The van der Waals surface area contributed by atoms with E-state index < -0.39 is 0 Å². The van der Waals surface area contributed by atoms with Gasteiger partial charge in [-0.2, -0.15) is 0 Å². The van der Waals surface area contributed by atoms with E-state index in [2.05, 4.69) is 5.32 Å². The molecule has 6 nitrogen and oxygen atoms in total. The molecular formula is C22H20N2O4S. The number of carbonyl (C=O) groups excluding carboxylic acids is 2. The van der Waals surface area contributed by atoms with Gasteiger partial charge in [-0.1, -0.05) is 0 Å². The van der Waals surface area contributed by atoms with E-state index in [9.17, 15) is 9.59 Å². The minimum atomic E-state index is -0.189. The van der Waals surface area contributed by atoms with Gasteiger partial charge in [0.2, 0.25) is 0 Å². The maximum absolute atomic E-state index is 12.6. The Kier molecular flexibility index (Phi) is 5.22. The van der Waals surface area contributed by atoms with E-state index in [0.717, 1.165) is 21.9 Å². The molecule has 0 spiro atoms. The Labute approximate surface area is 172 Å². The van der Waals surface area contributed by atoms with Crippen molar-refractivity contribution in [2.45, 2.75) is 0 Å². The van der Waals surface area contributed by atoms with Crippen molar-refractivity contribution in [1.82, 2.24) is 4.90 Å². The summed E-state index contributed by atoms with van der Waals surface area (Å²) in [6.07, 6.45) is 0. The van der Waals surface area contributed by atoms with Gasteiger partial charge in [0.25, 0.3) is 11.8 Å². The normalized spacial score (nSPS) is 12.3. The van der Waals surface area contributed by atoms with E-state index in [4.69, 9.17) is 9.47 Å². The number of rotatable bonds is 4. The summed E-state index contributed by atoms with van der Waals surface area (Å²) in [4.78, 5) is 27.6. The molecule has 0 radical (unpaired) electrons. The fourth-order valence-electron chi connectivity index (χ4n) is 2.96. The molecule has 0 saturated carbocycles. The molecule has 29 heavy (non-hydrogen) atoms. The average Bonchev–Trinajstić information content (AvgIpc) is 3.24. The fraction of sp³-hybridized carbons (Fsp3) is 0.182. The minimum absolute atomic E-state index is 0.0785. The number of amides is 2. The second kappa shape index (κ2) is 7.97. The van der Waals surface area contributed by atoms with Crippen LogP contribution >= 0.6 is 11.3 Å². The lowest BCUT2D eigenvalue weighted by Crippen LogP contribution is -2.21. The Balaban J connectivity index is 1.47. The van der Waals surface area contributed by atoms with Gasteiger partial charge in [0, 0.05) is 30.2 Å². The van der Waals surface area contributed by atoms with E-state index in [1.54, 1.807) is 44.4 Å². The SMILES string of the molecule is CN(C)C(=O)c1ccc(NC(=O)c2ccc(-c3ccc4c(c3)OCCO4)s2)cc1. The molecule has 1 aromatic heterocycles. The molecule has 3 aromatic rings. The molecule has 1 N–H and O–H groups in total. The highest BCUT2D eigenvalue weighted by Crippen LogP contribution is 2.37. The van der Waals surface area contributed by atoms with Gasteiger partial charge in [-0.15, -0.1) is 11.3 Å². The van der Waals surface area contributed by atoms with E-state index >= 15 is 0 Å². The van der Waals surface area contributed by atoms with Gasteiger partial charge in [-0.3, -0.25) is 9.59 Å². The summed E-state index contributed by atoms with van der Waals surface area (Å²) in [5.41, 5.74) is 2.19. The Morgan fingerprint density at radius 3 is 2.38 bits per heavy atom. The number of nitrogens with zero attached hydrogens (tertiary/aromatic N) is 1. The van der Waals surface area contributed by atoms with Crippen molar-refractivity contribution in [2.24, 2.45) is 0 Å². The van der Waals surface area contributed by atoms with Crippen molar-refractivity contribution in [3.05, 3.63) is 65.0 Å². The second-order valence-electron chi connectivity index (χ2n) is 6.75. The van der Waals surface area contributed by atoms with Crippen molar-refractivity contribution in [2.75, 3.05) is 32.6 Å². The Bertz CT molecular complexity index is 1060. The third kappa shape index (κ3) is 4.09. The largest absolute Gasteiger partial charge is 0.486 e. The number of hydrogen-bond acceptors (Lipinski definition) is 5. The number of carbonyl (C=O) groups is 2. The van der Waals surface area contributed by atoms with Crippen LogP contribution in [0.5, 0.6) is 11.5 Å². The van der Waals surface area contributed by atoms with Crippen LogP contribution in [0.25, 0.3) is 10.4 Å². The van der Waals surface area contributed by atoms with Crippen molar-refractivity contribution >= 4 is 28.8 Å². The van der Waals surface area contributed by atoms with Crippen molar-refractivity contribution < 1.29 is 19.1 Å². The highest BCUT2D eigenvalue weighted by Gasteiger charge is 2.15. The van der Waals surface area contributed by atoms with Crippen LogP contribution in [0.2, 0.25) is 0 Å². The zero-order valence-electron chi connectivity index (χ0n) is 16.1. The summed E-state index contributed by atoms with van der Waals surface area (Å²) in [7, 11) is 3.40. The molecule has 0 aliphatic carbocycles. The van der Waals surface area contributed by atoms with Gasteiger partial charge in [0.15, 0.2) is 11.5 Å². The van der Waals surface area contributed by atoms with Crippen molar-refractivity contribution in [1.29, 1.82) is 0 Å². The standard InChI is InChI=1S/C22H20N2O4S/c1-24(2)22(26)14-3-6-16(7-4-14)23-21(25)20-10-9-19(29-20)15-5-8-17-18(13-15)28-12-11-27-17/h3-10,13H,11-12H2,1-2H3,(H,23,25). The van der Waals surface area contributed by atoms with Crippen molar-refractivity contribution in [3.63, 3.8) is 0 Å². The van der Waals surface area contributed by atoms with Crippen LogP contribution in [0.15, 0.2) is 54.6 Å². The van der Waals surface area contributed by atoms with E-state index in [1.807, 2.05) is 24.3 Å². The summed E-state index contributed by atoms with van der Waals surface area (Å²) in [5.74, 6) is 1.20. The first kappa shape index (κ1) is 19.0. The molecule has 7 heteroatoms. The lowest BCUT2D eigenvalue weighted by molar-refractivity contribution is 0.0827. The number of hydrogen-bond donors (Lipinski definition) is 1. The third-order valence-corrected chi connectivity index (χ3v) is 5.59. The van der Waals surface area contributed by atoms with Gasteiger partial charge in [0.1, 0.15) is 13.2 Å². The molecular weight excluding hydrogens is 388 g/mol. The predicted molar refractivity (Wildman–Crippen MR) is 113 cm³/mol. The summed E-state index contributed by atoms with van der Waals surface area (Å²) in [6.45, 7) is 1.09. The number of anilines is 1. The molecule has 4 rings (SSSR count). The first-order valence-electron chi connectivity index (χ1n) is 9.14. The average molecular weight is 408 g/mol. The second-order valence-corrected chi connectivity index (χ2v) is 7.84. The summed E-state index contributed by atoms with van der Waals surface area (Å²) in [6, 6.07) is 16.4. The topological polar surface area (TPSA) is 67.9 Å². The fourth-order valence-corrected chi connectivity index (χ4v) is 3.86. The number of ether oxygens (including phenoxy) is 2. The van der Waals surface area contributed by atoms with Gasteiger partial charge in [-0.05, 0) is 60.2 Å². The van der Waals surface area contributed by atoms with Gasteiger partial charge >= 0.3 is 0 Å². The van der Waals surface area contributed by atoms with Gasteiger partial charge in [0.05, 0.1) is 4.88 Å². The molecule has 2 amide bonds. The molecule has 0 bridgehead atoms. The van der Waals surface area contributed by atoms with E-state index in [0.29, 0.717) is 29.3 Å². The van der Waals surface area contributed by atoms with E-state index in [-0.39, 0.29) is 11.8 Å². The zero-order valence-corrected chi connectivity index (χ0v) is 16.9. The van der Waals surface area contributed by atoms with Gasteiger partial charge < -0.3 is 19.7 Å². The molecule has 1 aliphatic heterocycles. The molecule has 2 aromatic carbocycles. The lowest BCUT2D eigenvalue weighted by atomic mass is 10.1. The van der Waals surface area contributed by atoms with Crippen LogP contribution in [-0.2, 0) is 0 Å².